The number of aliphatic hydroxyl groups excluding tert-OH is 1. The first-order valence-electron chi connectivity index (χ1n) is 6.19. The van der Waals surface area contributed by atoms with Gasteiger partial charge in [-0.15, -0.1) is 0 Å². The fourth-order valence-electron chi connectivity index (χ4n) is 1.91. The summed E-state index contributed by atoms with van der Waals surface area (Å²) < 4.78 is 10.6. The number of nitrogens with one attached hydrogen (secondary N) is 1. The van der Waals surface area contributed by atoms with E-state index >= 15 is 0 Å². The van der Waals surface area contributed by atoms with E-state index in [9.17, 15) is 5.11 Å². The highest BCUT2D eigenvalue weighted by Gasteiger charge is 2.13. The van der Waals surface area contributed by atoms with Gasteiger partial charge in [-0.05, 0) is 31.2 Å². The van der Waals surface area contributed by atoms with Crippen LogP contribution >= 0.6 is 11.6 Å². The molecular formula is C14H18ClNO3. The largest absolute Gasteiger partial charge is 0.459 e. The second kappa shape index (κ2) is 6.39. The highest BCUT2D eigenvalue weighted by molar-refractivity contribution is 6.31. The van der Waals surface area contributed by atoms with Crippen molar-refractivity contribution in [2.24, 2.45) is 0 Å². The normalized spacial score (nSPS) is 14.7. The van der Waals surface area contributed by atoms with Crippen LogP contribution in [0.5, 0.6) is 0 Å². The van der Waals surface area contributed by atoms with E-state index in [-0.39, 0.29) is 6.04 Å². The molecule has 104 valence electrons. The van der Waals surface area contributed by atoms with E-state index in [0.717, 1.165) is 16.7 Å². The molecule has 0 aliphatic rings. The smallest absolute Gasteiger partial charge is 0.134 e. The SMILES string of the molecule is COC[C@@H](O)CN[C@@H](C)c1cc2cc(Cl)ccc2o1. The highest BCUT2D eigenvalue weighted by Crippen LogP contribution is 2.26. The van der Waals surface area contributed by atoms with Crippen LogP contribution in [-0.2, 0) is 4.74 Å². The number of fused-ring (bicyclic) bond motifs is 1. The summed E-state index contributed by atoms with van der Waals surface area (Å²) in [6, 6.07) is 7.50. The summed E-state index contributed by atoms with van der Waals surface area (Å²) in [6.07, 6.45) is -0.522. The minimum Gasteiger partial charge on any atom is -0.459 e. The van der Waals surface area contributed by atoms with Crippen LogP contribution in [0.4, 0.5) is 0 Å². The van der Waals surface area contributed by atoms with Crippen molar-refractivity contribution in [3.63, 3.8) is 0 Å². The van der Waals surface area contributed by atoms with Gasteiger partial charge in [0.25, 0.3) is 0 Å². The van der Waals surface area contributed by atoms with Crippen LogP contribution < -0.4 is 5.32 Å². The van der Waals surface area contributed by atoms with Gasteiger partial charge in [0.1, 0.15) is 11.3 Å². The number of aliphatic hydroxyl groups is 1. The third kappa shape index (κ3) is 3.70. The zero-order valence-corrected chi connectivity index (χ0v) is 11.8. The molecule has 0 amide bonds. The zero-order valence-electron chi connectivity index (χ0n) is 11.0. The quantitative estimate of drug-likeness (QED) is 0.856. The van der Waals surface area contributed by atoms with E-state index < -0.39 is 6.10 Å². The van der Waals surface area contributed by atoms with Crippen LogP contribution in [0.25, 0.3) is 11.0 Å². The molecular weight excluding hydrogens is 266 g/mol. The fraction of sp³-hybridized carbons (Fsp3) is 0.429. The van der Waals surface area contributed by atoms with E-state index in [1.54, 1.807) is 13.2 Å². The van der Waals surface area contributed by atoms with Crippen LogP contribution in [0.3, 0.4) is 0 Å². The Bertz CT molecular complexity index is 540. The molecule has 0 fully saturated rings. The van der Waals surface area contributed by atoms with Gasteiger partial charge in [0.2, 0.25) is 0 Å². The summed E-state index contributed by atoms with van der Waals surface area (Å²) in [5, 5.41) is 14.5. The lowest BCUT2D eigenvalue weighted by atomic mass is 10.2. The van der Waals surface area contributed by atoms with Crippen molar-refractivity contribution in [2.45, 2.75) is 19.1 Å². The molecule has 1 aromatic heterocycles. The van der Waals surface area contributed by atoms with Gasteiger partial charge >= 0.3 is 0 Å². The first kappa shape index (κ1) is 14.3. The second-order valence-corrected chi connectivity index (χ2v) is 5.01. The Hall–Kier alpha value is -1.07. The maximum absolute atomic E-state index is 9.59. The summed E-state index contributed by atoms with van der Waals surface area (Å²) in [7, 11) is 1.57. The number of ether oxygens (including phenoxy) is 1. The number of benzene rings is 1. The van der Waals surface area contributed by atoms with Gasteiger partial charge in [0.15, 0.2) is 0 Å². The molecule has 0 spiro atoms. The molecule has 2 rings (SSSR count). The Morgan fingerprint density at radius 2 is 2.21 bits per heavy atom. The van der Waals surface area contributed by atoms with Crippen molar-refractivity contribution in [3.8, 4) is 0 Å². The van der Waals surface area contributed by atoms with Crippen molar-refractivity contribution in [1.82, 2.24) is 5.32 Å². The predicted molar refractivity (Wildman–Crippen MR) is 75.5 cm³/mol. The summed E-state index contributed by atoms with van der Waals surface area (Å²) in [4.78, 5) is 0. The molecule has 5 heteroatoms. The van der Waals surface area contributed by atoms with E-state index in [1.807, 2.05) is 25.1 Å². The fourth-order valence-corrected chi connectivity index (χ4v) is 2.09. The van der Waals surface area contributed by atoms with Crippen LogP contribution in [-0.4, -0.2) is 31.5 Å². The number of furan rings is 1. The van der Waals surface area contributed by atoms with Crippen molar-refractivity contribution in [3.05, 3.63) is 35.0 Å². The number of halogens is 1. The third-order valence-electron chi connectivity index (χ3n) is 2.94. The molecule has 2 N–H and O–H groups in total. The van der Waals surface area contributed by atoms with Gasteiger partial charge in [-0.3, -0.25) is 0 Å². The number of rotatable bonds is 6. The molecule has 1 heterocycles. The molecule has 0 aliphatic carbocycles. The molecule has 0 aliphatic heterocycles. The Morgan fingerprint density at radius 3 is 2.95 bits per heavy atom. The monoisotopic (exact) mass is 283 g/mol. The Labute approximate surface area is 117 Å². The third-order valence-corrected chi connectivity index (χ3v) is 3.18. The maximum atomic E-state index is 9.59. The molecule has 0 unspecified atom stereocenters. The molecule has 4 nitrogen and oxygen atoms in total. The topological polar surface area (TPSA) is 54.6 Å². The lowest BCUT2D eigenvalue weighted by Crippen LogP contribution is -2.31. The Kier molecular flexibility index (Phi) is 4.82. The molecule has 1 aromatic carbocycles. The lowest BCUT2D eigenvalue weighted by Gasteiger charge is -2.14. The predicted octanol–water partition coefficient (Wildman–Crippen LogP) is 2.74. The molecule has 0 radical (unpaired) electrons. The van der Waals surface area contributed by atoms with Crippen molar-refractivity contribution >= 4 is 22.6 Å². The zero-order chi connectivity index (χ0) is 13.8. The molecule has 2 atom stereocenters. The van der Waals surface area contributed by atoms with Gasteiger partial charge in [0.05, 0.1) is 18.8 Å². The summed E-state index contributed by atoms with van der Waals surface area (Å²) in [6.45, 7) is 2.75. The van der Waals surface area contributed by atoms with Crippen LogP contribution in [0.15, 0.2) is 28.7 Å². The van der Waals surface area contributed by atoms with Gasteiger partial charge in [-0.2, -0.15) is 0 Å². The number of methoxy groups -OCH3 is 1. The summed E-state index contributed by atoms with van der Waals surface area (Å²) in [5.41, 5.74) is 0.811. The lowest BCUT2D eigenvalue weighted by molar-refractivity contribution is 0.0626. The van der Waals surface area contributed by atoms with E-state index in [4.69, 9.17) is 20.8 Å². The van der Waals surface area contributed by atoms with Crippen molar-refractivity contribution < 1.29 is 14.3 Å². The first-order valence-corrected chi connectivity index (χ1v) is 6.57. The molecule has 0 saturated carbocycles. The van der Waals surface area contributed by atoms with E-state index in [2.05, 4.69) is 5.32 Å². The first-order chi connectivity index (χ1) is 9.10. The number of hydrogen-bond acceptors (Lipinski definition) is 4. The van der Waals surface area contributed by atoms with Crippen molar-refractivity contribution in [1.29, 1.82) is 0 Å². The maximum Gasteiger partial charge on any atom is 0.134 e. The van der Waals surface area contributed by atoms with Gasteiger partial charge in [-0.25, -0.2) is 0 Å². The minimum atomic E-state index is -0.522. The molecule has 0 bridgehead atoms. The average Bonchev–Trinajstić information content (AvgIpc) is 2.79. The molecule has 2 aromatic rings. The Morgan fingerprint density at radius 1 is 1.42 bits per heavy atom. The standard InChI is InChI=1S/C14H18ClNO3/c1-9(16-7-12(17)8-18-2)14-6-10-5-11(15)3-4-13(10)19-14/h3-6,9,12,16-17H,7-8H2,1-2H3/t9-,12-/m0/s1. The minimum absolute atomic E-state index is 0.0117. The van der Waals surface area contributed by atoms with Crippen LogP contribution in [0.1, 0.15) is 18.7 Å². The van der Waals surface area contributed by atoms with E-state index in [1.165, 1.54) is 0 Å². The van der Waals surface area contributed by atoms with Crippen LogP contribution in [0.2, 0.25) is 5.02 Å². The molecule has 0 saturated heterocycles. The van der Waals surface area contributed by atoms with Crippen molar-refractivity contribution in [2.75, 3.05) is 20.3 Å². The van der Waals surface area contributed by atoms with Gasteiger partial charge in [0, 0.05) is 24.1 Å². The van der Waals surface area contributed by atoms with Crippen LogP contribution in [0, 0.1) is 0 Å². The second-order valence-electron chi connectivity index (χ2n) is 4.57. The Balaban J connectivity index is 2.02. The van der Waals surface area contributed by atoms with Gasteiger partial charge in [-0.1, -0.05) is 11.6 Å². The summed E-state index contributed by atoms with van der Waals surface area (Å²) in [5.74, 6) is 0.821. The summed E-state index contributed by atoms with van der Waals surface area (Å²) >= 11 is 5.94. The number of hydrogen-bond donors (Lipinski definition) is 2. The molecule has 19 heavy (non-hydrogen) atoms. The van der Waals surface area contributed by atoms with E-state index in [0.29, 0.717) is 18.2 Å². The van der Waals surface area contributed by atoms with Gasteiger partial charge < -0.3 is 19.6 Å². The average molecular weight is 284 g/mol. The highest BCUT2D eigenvalue weighted by atomic mass is 35.5.